The van der Waals surface area contributed by atoms with Crippen molar-refractivity contribution in [1.82, 2.24) is 5.32 Å². The molecule has 0 spiro atoms. The Morgan fingerprint density at radius 2 is 1.60 bits per heavy atom. The van der Waals surface area contributed by atoms with Crippen LogP contribution in [0.1, 0.15) is 37.1 Å². The Morgan fingerprint density at radius 1 is 0.950 bits per heavy atom. The molecule has 2 aromatic carbocycles. The van der Waals surface area contributed by atoms with Crippen molar-refractivity contribution in [3.8, 4) is 0 Å². The number of halogens is 3. The van der Waals surface area contributed by atoms with Gasteiger partial charge < -0.3 is 5.32 Å². The highest BCUT2D eigenvalue weighted by Gasteiger charge is 2.13. The second kappa shape index (κ2) is 6.33. The summed E-state index contributed by atoms with van der Waals surface area (Å²) in [6, 6.07) is 11.1. The Morgan fingerprint density at radius 3 is 2.20 bits per heavy atom. The van der Waals surface area contributed by atoms with Gasteiger partial charge in [0, 0.05) is 12.1 Å². The van der Waals surface area contributed by atoms with E-state index >= 15 is 0 Å². The predicted molar refractivity (Wildman–Crippen MR) is 77.8 cm³/mol. The van der Waals surface area contributed by atoms with Crippen molar-refractivity contribution in [2.75, 3.05) is 0 Å². The summed E-state index contributed by atoms with van der Waals surface area (Å²) in [4.78, 5) is 0. The average molecular weight is 296 g/mol. The Hall–Kier alpha value is -1.45. The van der Waals surface area contributed by atoms with Gasteiger partial charge in [-0.2, -0.15) is 0 Å². The van der Waals surface area contributed by atoms with Gasteiger partial charge in [0.05, 0.1) is 5.02 Å². The van der Waals surface area contributed by atoms with E-state index in [1.54, 1.807) is 18.2 Å². The maximum absolute atomic E-state index is 13.2. The molecule has 0 aliphatic rings. The highest BCUT2D eigenvalue weighted by Crippen LogP contribution is 2.23. The Labute approximate surface area is 122 Å². The molecule has 0 bridgehead atoms. The molecule has 0 radical (unpaired) electrons. The molecule has 4 heteroatoms. The molecule has 106 valence electrons. The summed E-state index contributed by atoms with van der Waals surface area (Å²) >= 11 is 5.78. The molecule has 0 fully saturated rings. The van der Waals surface area contributed by atoms with Crippen LogP contribution in [-0.4, -0.2) is 0 Å². The molecule has 1 N–H and O–H groups in total. The van der Waals surface area contributed by atoms with E-state index in [9.17, 15) is 8.78 Å². The highest BCUT2D eigenvalue weighted by molar-refractivity contribution is 6.30. The fourth-order valence-corrected chi connectivity index (χ4v) is 2.31. The Kier molecular flexibility index (Phi) is 4.73. The van der Waals surface area contributed by atoms with E-state index in [2.05, 4.69) is 5.32 Å². The van der Waals surface area contributed by atoms with E-state index in [-0.39, 0.29) is 22.9 Å². The van der Waals surface area contributed by atoms with Crippen LogP contribution in [0.25, 0.3) is 0 Å². The summed E-state index contributed by atoms with van der Waals surface area (Å²) in [5.41, 5.74) is 1.75. The van der Waals surface area contributed by atoms with E-state index in [1.807, 2.05) is 19.9 Å². The van der Waals surface area contributed by atoms with Crippen LogP contribution in [0.3, 0.4) is 0 Å². The average Bonchev–Trinajstić information content (AvgIpc) is 2.41. The van der Waals surface area contributed by atoms with Crippen molar-refractivity contribution in [1.29, 1.82) is 0 Å². The maximum atomic E-state index is 13.2. The molecule has 1 nitrogen and oxygen atoms in total. The van der Waals surface area contributed by atoms with Gasteiger partial charge in [0.1, 0.15) is 11.6 Å². The first-order valence-corrected chi connectivity index (χ1v) is 6.81. The van der Waals surface area contributed by atoms with Crippen molar-refractivity contribution < 1.29 is 8.78 Å². The smallest absolute Gasteiger partial charge is 0.141 e. The molecule has 2 atom stereocenters. The number of hydrogen-bond donors (Lipinski definition) is 1. The van der Waals surface area contributed by atoms with E-state index < -0.39 is 5.82 Å². The minimum Gasteiger partial charge on any atom is -0.304 e. The molecule has 0 aliphatic carbocycles. The van der Waals surface area contributed by atoms with Crippen LogP contribution in [0, 0.1) is 11.6 Å². The zero-order chi connectivity index (χ0) is 14.7. The van der Waals surface area contributed by atoms with E-state index in [0.717, 1.165) is 11.1 Å². The molecule has 0 heterocycles. The van der Waals surface area contributed by atoms with Gasteiger partial charge in [-0.05, 0) is 49.2 Å². The second-order valence-electron chi connectivity index (χ2n) is 4.84. The fraction of sp³-hybridized carbons (Fsp3) is 0.250. The van der Waals surface area contributed by atoms with Crippen LogP contribution >= 0.6 is 11.6 Å². The first kappa shape index (κ1) is 14.9. The molecule has 2 rings (SSSR count). The van der Waals surface area contributed by atoms with Gasteiger partial charge in [0.2, 0.25) is 0 Å². The molecule has 0 amide bonds. The number of benzene rings is 2. The van der Waals surface area contributed by atoms with Gasteiger partial charge in [0.25, 0.3) is 0 Å². The van der Waals surface area contributed by atoms with Crippen LogP contribution in [0.4, 0.5) is 8.78 Å². The molecule has 2 unspecified atom stereocenters. The summed E-state index contributed by atoms with van der Waals surface area (Å²) in [7, 11) is 0. The van der Waals surface area contributed by atoms with Crippen LogP contribution in [0.15, 0.2) is 42.5 Å². The molecule has 0 saturated heterocycles. The van der Waals surface area contributed by atoms with E-state index in [4.69, 9.17) is 11.6 Å². The highest BCUT2D eigenvalue weighted by atomic mass is 35.5. The van der Waals surface area contributed by atoms with Crippen molar-refractivity contribution in [2.45, 2.75) is 25.9 Å². The van der Waals surface area contributed by atoms with Crippen molar-refractivity contribution in [3.63, 3.8) is 0 Å². The van der Waals surface area contributed by atoms with Crippen molar-refractivity contribution >= 4 is 11.6 Å². The van der Waals surface area contributed by atoms with Crippen LogP contribution < -0.4 is 5.32 Å². The second-order valence-corrected chi connectivity index (χ2v) is 5.25. The van der Waals surface area contributed by atoms with Gasteiger partial charge >= 0.3 is 0 Å². The molecule has 0 aliphatic heterocycles. The van der Waals surface area contributed by atoms with Crippen molar-refractivity contribution in [2.24, 2.45) is 0 Å². The Bertz CT molecular complexity index is 601. The molecule has 2 aromatic rings. The van der Waals surface area contributed by atoms with Gasteiger partial charge in [-0.3, -0.25) is 0 Å². The first-order valence-electron chi connectivity index (χ1n) is 6.44. The standard InChI is InChI=1S/C16H16ClF2N/c1-10(12-4-3-5-14(18)8-12)20-11(2)13-6-7-16(19)15(17)9-13/h3-11,20H,1-2H3. The number of nitrogens with one attached hydrogen (secondary N) is 1. The fourth-order valence-electron chi connectivity index (χ4n) is 2.13. The zero-order valence-electron chi connectivity index (χ0n) is 11.3. The lowest BCUT2D eigenvalue weighted by Crippen LogP contribution is -2.22. The topological polar surface area (TPSA) is 12.0 Å². The molecule has 0 saturated carbocycles. The van der Waals surface area contributed by atoms with Gasteiger partial charge in [-0.15, -0.1) is 0 Å². The van der Waals surface area contributed by atoms with E-state index in [0.29, 0.717) is 0 Å². The summed E-state index contributed by atoms with van der Waals surface area (Å²) in [6.45, 7) is 3.91. The third kappa shape index (κ3) is 3.56. The monoisotopic (exact) mass is 295 g/mol. The third-order valence-electron chi connectivity index (χ3n) is 3.29. The maximum Gasteiger partial charge on any atom is 0.141 e. The van der Waals surface area contributed by atoms with Crippen LogP contribution in [-0.2, 0) is 0 Å². The minimum atomic E-state index is -0.430. The Balaban J connectivity index is 2.10. The molecular formula is C16H16ClF2N. The lowest BCUT2D eigenvalue weighted by Gasteiger charge is -2.21. The van der Waals surface area contributed by atoms with Crippen molar-refractivity contribution in [3.05, 3.63) is 70.2 Å². The molecule has 20 heavy (non-hydrogen) atoms. The summed E-state index contributed by atoms with van der Waals surface area (Å²) in [5, 5.41) is 3.44. The van der Waals surface area contributed by atoms with Gasteiger partial charge in [-0.25, -0.2) is 8.78 Å². The lowest BCUT2D eigenvalue weighted by molar-refractivity contribution is 0.491. The molecular weight excluding hydrogens is 280 g/mol. The van der Waals surface area contributed by atoms with Crippen LogP contribution in [0.2, 0.25) is 5.02 Å². The molecule has 0 aromatic heterocycles. The third-order valence-corrected chi connectivity index (χ3v) is 3.58. The van der Waals surface area contributed by atoms with Gasteiger partial charge in [0.15, 0.2) is 0 Å². The van der Waals surface area contributed by atoms with E-state index in [1.165, 1.54) is 18.2 Å². The SMILES string of the molecule is CC(NC(C)c1ccc(F)c(Cl)c1)c1cccc(F)c1. The number of hydrogen-bond acceptors (Lipinski definition) is 1. The quantitative estimate of drug-likeness (QED) is 0.834. The zero-order valence-corrected chi connectivity index (χ0v) is 12.1. The normalized spacial score (nSPS) is 14.1. The predicted octanol–water partition coefficient (Wildman–Crippen LogP) is 5.03. The number of rotatable bonds is 4. The van der Waals surface area contributed by atoms with Gasteiger partial charge in [-0.1, -0.05) is 29.8 Å². The largest absolute Gasteiger partial charge is 0.304 e. The summed E-state index contributed by atoms with van der Waals surface area (Å²) in [5.74, 6) is -0.686. The summed E-state index contributed by atoms with van der Waals surface area (Å²) < 4.78 is 26.3. The van der Waals surface area contributed by atoms with Crippen LogP contribution in [0.5, 0.6) is 0 Å². The first-order chi connectivity index (χ1) is 9.47. The lowest BCUT2D eigenvalue weighted by atomic mass is 10.0. The summed E-state index contributed by atoms with van der Waals surface area (Å²) in [6.07, 6.45) is 0. The minimum absolute atomic E-state index is 0.0219.